The van der Waals surface area contributed by atoms with Gasteiger partial charge in [-0.2, -0.15) is 0 Å². The molecule has 1 aromatic heterocycles. The third-order valence-electron chi connectivity index (χ3n) is 4.33. The monoisotopic (exact) mass is 284 g/mol. The van der Waals surface area contributed by atoms with Crippen LogP contribution in [0.4, 0.5) is 5.69 Å². The van der Waals surface area contributed by atoms with Crippen LogP contribution in [-0.2, 0) is 0 Å². The molecule has 1 fully saturated rings. The van der Waals surface area contributed by atoms with Gasteiger partial charge in [0, 0.05) is 29.9 Å². The van der Waals surface area contributed by atoms with Crippen LogP contribution in [0.15, 0.2) is 24.3 Å². The number of ether oxygens (including phenoxy) is 1. The van der Waals surface area contributed by atoms with Crippen LogP contribution in [0.25, 0.3) is 10.9 Å². The van der Waals surface area contributed by atoms with E-state index < -0.39 is 0 Å². The van der Waals surface area contributed by atoms with Crippen LogP contribution in [0, 0.1) is 18.8 Å². The van der Waals surface area contributed by atoms with E-state index in [9.17, 15) is 0 Å². The molecule has 2 atom stereocenters. The van der Waals surface area contributed by atoms with Crippen LogP contribution in [0.2, 0.25) is 0 Å². The maximum atomic E-state index is 5.39. The second-order valence-corrected chi connectivity index (χ2v) is 6.52. The summed E-state index contributed by atoms with van der Waals surface area (Å²) in [6.45, 7) is 9.02. The minimum Gasteiger partial charge on any atom is -0.497 e. The Morgan fingerprint density at radius 2 is 1.86 bits per heavy atom. The highest BCUT2D eigenvalue weighted by molar-refractivity contribution is 5.93. The van der Waals surface area contributed by atoms with Crippen molar-refractivity contribution in [1.29, 1.82) is 0 Å². The van der Waals surface area contributed by atoms with Gasteiger partial charge >= 0.3 is 0 Å². The molecule has 0 bridgehead atoms. The number of hydrogen-bond donors (Lipinski definition) is 0. The number of benzene rings is 1. The molecule has 2 aromatic rings. The third-order valence-corrected chi connectivity index (χ3v) is 4.33. The highest BCUT2D eigenvalue weighted by atomic mass is 16.5. The number of anilines is 1. The van der Waals surface area contributed by atoms with Gasteiger partial charge in [0.25, 0.3) is 0 Å². The molecule has 0 N–H and O–H groups in total. The fraction of sp³-hybridized carbons (Fsp3) is 0.500. The molecule has 1 aliphatic rings. The highest BCUT2D eigenvalue weighted by Crippen LogP contribution is 2.33. The predicted octanol–water partition coefficient (Wildman–Crippen LogP) is 4.03. The first kappa shape index (κ1) is 14.2. The zero-order valence-electron chi connectivity index (χ0n) is 13.4. The van der Waals surface area contributed by atoms with E-state index in [-0.39, 0.29) is 0 Å². The summed E-state index contributed by atoms with van der Waals surface area (Å²) in [4.78, 5) is 7.19. The van der Waals surface area contributed by atoms with Crippen molar-refractivity contribution in [1.82, 2.24) is 4.98 Å². The quantitative estimate of drug-likeness (QED) is 0.832. The summed E-state index contributed by atoms with van der Waals surface area (Å²) in [5.74, 6) is 2.37. The van der Waals surface area contributed by atoms with Gasteiger partial charge in [0.15, 0.2) is 0 Å². The largest absolute Gasteiger partial charge is 0.497 e. The molecule has 0 amide bonds. The van der Waals surface area contributed by atoms with Gasteiger partial charge in [-0.25, -0.2) is 0 Å². The lowest BCUT2D eigenvalue weighted by Crippen LogP contribution is -2.38. The lowest BCUT2D eigenvalue weighted by Gasteiger charge is -2.37. The molecule has 0 aliphatic carbocycles. The van der Waals surface area contributed by atoms with Crippen molar-refractivity contribution in [2.24, 2.45) is 11.8 Å². The van der Waals surface area contributed by atoms with E-state index in [1.165, 1.54) is 17.5 Å². The Morgan fingerprint density at radius 1 is 1.14 bits per heavy atom. The number of methoxy groups -OCH3 is 1. The topological polar surface area (TPSA) is 25.4 Å². The molecule has 21 heavy (non-hydrogen) atoms. The number of rotatable bonds is 2. The molecule has 0 spiro atoms. The third kappa shape index (κ3) is 2.82. The summed E-state index contributed by atoms with van der Waals surface area (Å²) >= 11 is 0. The first-order valence-electron chi connectivity index (χ1n) is 7.77. The van der Waals surface area contributed by atoms with Gasteiger partial charge in [0.2, 0.25) is 0 Å². The number of piperidine rings is 1. The zero-order valence-corrected chi connectivity index (χ0v) is 13.4. The minimum absolute atomic E-state index is 0.739. The Kier molecular flexibility index (Phi) is 3.75. The summed E-state index contributed by atoms with van der Waals surface area (Å²) in [5.41, 5.74) is 3.43. The molecule has 1 aromatic carbocycles. The van der Waals surface area contributed by atoms with E-state index in [4.69, 9.17) is 4.74 Å². The lowest BCUT2D eigenvalue weighted by atomic mass is 9.91. The standard InChI is InChI=1S/C18H24N2O/c1-12-7-13(2)11-20(10-12)18-8-14(3)19-17-6-5-15(21-4)9-16(17)18/h5-6,8-9,12-13H,7,10-11H2,1-4H3. The first-order chi connectivity index (χ1) is 10.1. The average Bonchev–Trinajstić information content (AvgIpc) is 2.44. The van der Waals surface area contributed by atoms with Crippen molar-refractivity contribution in [3.63, 3.8) is 0 Å². The fourth-order valence-electron chi connectivity index (χ4n) is 3.56. The van der Waals surface area contributed by atoms with E-state index in [0.29, 0.717) is 0 Å². The van der Waals surface area contributed by atoms with Gasteiger partial charge in [-0.15, -0.1) is 0 Å². The smallest absolute Gasteiger partial charge is 0.119 e. The Hall–Kier alpha value is -1.77. The molecule has 1 aliphatic heterocycles. The van der Waals surface area contributed by atoms with Crippen LogP contribution < -0.4 is 9.64 Å². The Balaban J connectivity index is 2.11. The molecule has 1 saturated heterocycles. The van der Waals surface area contributed by atoms with E-state index in [1.807, 2.05) is 6.07 Å². The SMILES string of the molecule is COc1ccc2nc(C)cc(N3CC(C)CC(C)C3)c2c1. The maximum Gasteiger partial charge on any atom is 0.119 e. The normalized spacial score (nSPS) is 22.6. The van der Waals surface area contributed by atoms with Crippen LogP contribution >= 0.6 is 0 Å². The molecule has 3 heteroatoms. The van der Waals surface area contributed by atoms with Gasteiger partial charge in [-0.05, 0) is 49.4 Å². The van der Waals surface area contributed by atoms with Crippen molar-refractivity contribution in [3.05, 3.63) is 30.0 Å². The van der Waals surface area contributed by atoms with Crippen LogP contribution in [0.5, 0.6) is 5.75 Å². The molecule has 3 nitrogen and oxygen atoms in total. The summed E-state index contributed by atoms with van der Waals surface area (Å²) in [5, 5.41) is 1.20. The maximum absolute atomic E-state index is 5.39. The Morgan fingerprint density at radius 3 is 2.52 bits per heavy atom. The van der Waals surface area contributed by atoms with E-state index in [1.54, 1.807) is 7.11 Å². The number of fused-ring (bicyclic) bond motifs is 1. The van der Waals surface area contributed by atoms with Crippen molar-refractivity contribution < 1.29 is 4.74 Å². The van der Waals surface area contributed by atoms with Gasteiger partial charge in [-0.3, -0.25) is 4.98 Å². The number of nitrogens with zero attached hydrogens (tertiary/aromatic N) is 2. The zero-order chi connectivity index (χ0) is 15.0. The molecule has 0 saturated carbocycles. The van der Waals surface area contributed by atoms with Crippen molar-refractivity contribution in [2.45, 2.75) is 27.2 Å². The minimum atomic E-state index is 0.739. The summed E-state index contributed by atoms with van der Waals surface area (Å²) < 4.78 is 5.39. The molecule has 2 unspecified atom stereocenters. The van der Waals surface area contributed by atoms with E-state index in [0.717, 1.165) is 41.9 Å². The summed E-state index contributed by atoms with van der Waals surface area (Å²) in [7, 11) is 1.72. The molecule has 0 radical (unpaired) electrons. The summed E-state index contributed by atoms with van der Waals surface area (Å²) in [6, 6.07) is 8.37. The Labute approximate surface area is 126 Å². The van der Waals surface area contributed by atoms with E-state index in [2.05, 4.69) is 48.9 Å². The predicted molar refractivity (Wildman–Crippen MR) is 88.2 cm³/mol. The van der Waals surface area contributed by atoms with Crippen molar-refractivity contribution >= 4 is 16.6 Å². The molecule has 112 valence electrons. The number of aromatic nitrogens is 1. The van der Waals surface area contributed by atoms with Gasteiger partial charge in [0.1, 0.15) is 5.75 Å². The van der Waals surface area contributed by atoms with Crippen molar-refractivity contribution in [2.75, 3.05) is 25.1 Å². The average molecular weight is 284 g/mol. The Bertz CT molecular complexity index is 643. The fourth-order valence-corrected chi connectivity index (χ4v) is 3.56. The van der Waals surface area contributed by atoms with Crippen molar-refractivity contribution in [3.8, 4) is 5.75 Å². The van der Waals surface area contributed by atoms with Gasteiger partial charge < -0.3 is 9.64 Å². The van der Waals surface area contributed by atoms with Crippen LogP contribution in [0.3, 0.4) is 0 Å². The first-order valence-corrected chi connectivity index (χ1v) is 7.77. The number of hydrogen-bond acceptors (Lipinski definition) is 3. The number of aryl methyl sites for hydroxylation is 1. The lowest BCUT2D eigenvalue weighted by molar-refractivity contribution is 0.357. The second-order valence-electron chi connectivity index (χ2n) is 6.52. The second kappa shape index (κ2) is 5.55. The van der Waals surface area contributed by atoms with Gasteiger partial charge in [-0.1, -0.05) is 13.8 Å². The van der Waals surface area contributed by atoms with E-state index >= 15 is 0 Å². The highest BCUT2D eigenvalue weighted by Gasteiger charge is 2.23. The van der Waals surface area contributed by atoms with Crippen LogP contribution in [0.1, 0.15) is 26.0 Å². The van der Waals surface area contributed by atoms with Gasteiger partial charge in [0.05, 0.1) is 12.6 Å². The number of pyridine rings is 1. The summed E-state index contributed by atoms with van der Waals surface area (Å²) in [6.07, 6.45) is 1.32. The molecule has 2 heterocycles. The molecule has 3 rings (SSSR count). The van der Waals surface area contributed by atoms with Crippen LogP contribution in [-0.4, -0.2) is 25.2 Å². The molecular weight excluding hydrogens is 260 g/mol. The molecular formula is C18H24N2O.